The molecule has 1 fully saturated rings. The fourth-order valence-corrected chi connectivity index (χ4v) is 3.09. The first-order valence-corrected chi connectivity index (χ1v) is 6.94. The topological polar surface area (TPSA) is 39.1 Å². The first kappa shape index (κ1) is 10.6. The van der Waals surface area contributed by atoms with E-state index in [0.717, 1.165) is 43.5 Å². The summed E-state index contributed by atoms with van der Waals surface area (Å²) in [5.41, 5.74) is 1.10. The monoisotopic (exact) mass is 239 g/mol. The molecule has 1 N–H and O–H groups in total. The fraction of sp³-hybridized carbons (Fsp3) is 0.727. The average Bonchev–Trinajstić information content (AvgIpc) is 2.56. The summed E-state index contributed by atoms with van der Waals surface area (Å²) in [5, 5.41) is 4.56. The highest BCUT2D eigenvalue weighted by molar-refractivity contribution is 7.99. The smallest absolute Gasteiger partial charge is 0.168 e. The highest BCUT2D eigenvalue weighted by Gasteiger charge is 2.20. The van der Waals surface area contributed by atoms with Gasteiger partial charge < -0.3 is 14.6 Å². The molecule has 1 aromatic rings. The number of nitrogens with one attached hydrogen (secondary N) is 1. The highest BCUT2D eigenvalue weighted by atomic mass is 32.2. The van der Waals surface area contributed by atoms with E-state index >= 15 is 0 Å². The molecule has 88 valence electrons. The predicted molar refractivity (Wildman–Crippen MR) is 63.7 cm³/mol. The Morgan fingerprint density at radius 3 is 3.44 bits per heavy atom. The van der Waals surface area contributed by atoms with E-state index in [1.54, 1.807) is 0 Å². The lowest BCUT2D eigenvalue weighted by Gasteiger charge is -2.11. The van der Waals surface area contributed by atoms with Gasteiger partial charge in [0, 0.05) is 31.6 Å². The minimum Gasteiger partial charge on any atom is -0.370 e. The van der Waals surface area contributed by atoms with E-state index < -0.39 is 0 Å². The molecule has 0 radical (unpaired) electrons. The van der Waals surface area contributed by atoms with E-state index in [9.17, 15) is 0 Å². The third-order valence-electron chi connectivity index (χ3n) is 3.01. The summed E-state index contributed by atoms with van der Waals surface area (Å²) in [6.45, 7) is 3.89. The molecule has 5 heteroatoms. The lowest BCUT2D eigenvalue weighted by Crippen LogP contribution is -2.20. The van der Waals surface area contributed by atoms with Crippen LogP contribution in [0.1, 0.15) is 24.6 Å². The third-order valence-corrected chi connectivity index (χ3v) is 4.09. The molecule has 0 bridgehead atoms. The molecular weight excluding hydrogens is 222 g/mol. The zero-order valence-corrected chi connectivity index (χ0v) is 10.1. The molecule has 16 heavy (non-hydrogen) atoms. The number of hydrogen-bond acceptors (Lipinski definition) is 4. The zero-order valence-electron chi connectivity index (χ0n) is 9.32. The normalized spacial score (nSPS) is 26.1. The Bertz CT molecular complexity index is 335. The van der Waals surface area contributed by atoms with Crippen LogP contribution in [0.15, 0.2) is 11.4 Å². The summed E-state index contributed by atoms with van der Waals surface area (Å²) in [6.07, 6.45) is 4.65. The Kier molecular flexibility index (Phi) is 3.17. The summed E-state index contributed by atoms with van der Waals surface area (Å²) in [4.78, 5) is 4.68. The second-order valence-corrected chi connectivity index (χ2v) is 5.32. The Labute approximate surface area is 99.8 Å². The van der Waals surface area contributed by atoms with Gasteiger partial charge in [-0.2, -0.15) is 0 Å². The minimum atomic E-state index is 0.140. The Balaban J connectivity index is 1.79. The molecule has 0 saturated carbocycles. The van der Waals surface area contributed by atoms with Crippen LogP contribution in [0.5, 0.6) is 0 Å². The van der Waals surface area contributed by atoms with Gasteiger partial charge in [-0.1, -0.05) is 11.8 Å². The van der Waals surface area contributed by atoms with E-state index in [1.165, 1.54) is 12.2 Å². The summed E-state index contributed by atoms with van der Waals surface area (Å²) < 4.78 is 8.08. The van der Waals surface area contributed by atoms with Gasteiger partial charge in [0.2, 0.25) is 0 Å². The molecular formula is C11H17N3OS. The molecule has 2 aliphatic heterocycles. The number of aromatic nitrogens is 2. The van der Waals surface area contributed by atoms with Crippen LogP contribution in [0.2, 0.25) is 0 Å². The molecule has 1 saturated heterocycles. The number of ether oxygens (including phenoxy) is 1. The average molecular weight is 239 g/mol. The highest BCUT2D eigenvalue weighted by Crippen LogP contribution is 2.27. The first-order chi connectivity index (χ1) is 7.93. The number of thioether (sulfide) groups is 1. The van der Waals surface area contributed by atoms with Crippen molar-refractivity contribution in [3.63, 3.8) is 0 Å². The molecule has 0 amide bonds. The van der Waals surface area contributed by atoms with Crippen molar-refractivity contribution < 1.29 is 4.74 Å². The van der Waals surface area contributed by atoms with Crippen molar-refractivity contribution in [2.75, 3.05) is 25.4 Å². The number of rotatable bonds is 1. The van der Waals surface area contributed by atoms with Gasteiger partial charge in [0.05, 0.1) is 5.69 Å². The molecule has 3 heterocycles. The molecule has 3 rings (SSSR count). The SMILES string of the molecule is c1c(C2CNCCCO2)nc2n1CCCS2. The number of hydrogen-bond donors (Lipinski definition) is 1. The third kappa shape index (κ3) is 2.12. The van der Waals surface area contributed by atoms with Crippen LogP contribution in [-0.2, 0) is 11.3 Å². The number of nitrogens with zero attached hydrogens (tertiary/aromatic N) is 2. The molecule has 4 nitrogen and oxygen atoms in total. The van der Waals surface area contributed by atoms with Crippen LogP contribution in [-0.4, -0.2) is 35.0 Å². The molecule has 0 spiro atoms. The summed E-state index contributed by atoms with van der Waals surface area (Å²) in [5.74, 6) is 1.19. The Hall–Kier alpha value is -0.520. The van der Waals surface area contributed by atoms with Crippen LogP contribution >= 0.6 is 11.8 Å². The van der Waals surface area contributed by atoms with Crippen LogP contribution in [0.25, 0.3) is 0 Å². The van der Waals surface area contributed by atoms with Crippen molar-refractivity contribution >= 4 is 11.8 Å². The van der Waals surface area contributed by atoms with Gasteiger partial charge in [-0.25, -0.2) is 4.98 Å². The summed E-state index contributed by atoms with van der Waals surface area (Å²) in [6, 6.07) is 0. The van der Waals surface area contributed by atoms with Gasteiger partial charge in [0.25, 0.3) is 0 Å². The minimum absolute atomic E-state index is 0.140. The van der Waals surface area contributed by atoms with Crippen LogP contribution < -0.4 is 5.32 Å². The van der Waals surface area contributed by atoms with Crippen LogP contribution in [0.3, 0.4) is 0 Å². The molecule has 0 aromatic carbocycles. The second-order valence-electron chi connectivity index (χ2n) is 4.26. The quantitative estimate of drug-likeness (QED) is 0.804. The van der Waals surface area contributed by atoms with Gasteiger partial charge in [-0.05, 0) is 19.4 Å². The largest absolute Gasteiger partial charge is 0.370 e. The predicted octanol–water partition coefficient (Wildman–Crippen LogP) is 1.43. The molecule has 1 aromatic heterocycles. The van der Waals surface area contributed by atoms with Crippen molar-refractivity contribution in [3.05, 3.63) is 11.9 Å². The maximum Gasteiger partial charge on any atom is 0.168 e. The first-order valence-electron chi connectivity index (χ1n) is 5.96. The standard InChI is InChI=1S/C11H17N3OS/c1-3-12-7-10(15-5-1)9-8-14-4-2-6-16-11(14)13-9/h8,10,12H,1-7H2. The van der Waals surface area contributed by atoms with Gasteiger partial charge in [0.1, 0.15) is 6.10 Å². The Morgan fingerprint density at radius 1 is 1.50 bits per heavy atom. The van der Waals surface area contributed by atoms with E-state index in [0.29, 0.717) is 0 Å². The lowest BCUT2D eigenvalue weighted by molar-refractivity contribution is 0.0640. The Morgan fingerprint density at radius 2 is 2.50 bits per heavy atom. The van der Waals surface area contributed by atoms with Crippen LogP contribution in [0, 0.1) is 0 Å². The maximum absolute atomic E-state index is 5.82. The summed E-state index contributed by atoms with van der Waals surface area (Å²) >= 11 is 1.85. The number of imidazole rings is 1. The van der Waals surface area contributed by atoms with E-state index in [4.69, 9.17) is 4.74 Å². The van der Waals surface area contributed by atoms with E-state index in [1.807, 2.05) is 11.8 Å². The van der Waals surface area contributed by atoms with Crippen molar-refractivity contribution in [1.29, 1.82) is 0 Å². The van der Waals surface area contributed by atoms with E-state index in [-0.39, 0.29) is 6.10 Å². The van der Waals surface area contributed by atoms with Gasteiger partial charge in [-0.3, -0.25) is 0 Å². The van der Waals surface area contributed by atoms with Crippen molar-refractivity contribution in [1.82, 2.24) is 14.9 Å². The van der Waals surface area contributed by atoms with Crippen molar-refractivity contribution in [2.45, 2.75) is 30.6 Å². The zero-order chi connectivity index (χ0) is 10.8. The number of fused-ring (bicyclic) bond motifs is 1. The van der Waals surface area contributed by atoms with Crippen molar-refractivity contribution in [3.8, 4) is 0 Å². The molecule has 2 aliphatic rings. The maximum atomic E-state index is 5.82. The van der Waals surface area contributed by atoms with E-state index in [2.05, 4.69) is 21.1 Å². The van der Waals surface area contributed by atoms with Crippen LogP contribution in [0.4, 0.5) is 0 Å². The van der Waals surface area contributed by atoms with Gasteiger partial charge >= 0.3 is 0 Å². The van der Waals surface area contributed by atoms with Gasteiger partial charge in [-0.15, -0.1) is 0 Å². The van der Waals surface area contributed by atoms with Gasteiger partial charge in [0.15, 0.2) is 5.16 Å². The molecule has 1 atom stereocenters. The second kappa shape index (κ2) is 4.77. The molecule has 1 unspecified atom stereocenters. The lowest BCUT2D eigenvalue weighted by atomic mass is 10.3. The summed E-state index contributed by atoms with van der Waals surface area (Å²) in [7, 11) is 0. The molecule has 0 aliphatic carbocycles. The fourth-order valence-electron chi connectivity index (χ4n) is 2.15. The van der Waals surface area contributed by atoms with Crippen molar-refractivity contribution in [2.24, 2.45) is 0 Å². The number of aryl methyl sites for hydroxylation is 1.